The van der Waals surface area contributed by atoms with E-state index in [9.17, 15) is 0 Å². The lowest BCUT2D eigenvalue weighted by Gasteiger charge is -2.15. The fourth-order valence-electron chi connectivity index (χ4n) is 1.22. The first-order valence-corrected chi connectivity index (χ1v) is 5.50. The lowest BCUT2D eigenvalue weighted by Crippen LogP contribution is -2.21. The van der Waals surface area contributed by atoms with Crippen LogP contribution in [0.5, 0.6) is 0 Å². The molecule has 1 aromatic rings. The molecule has 4 heteroatoms. The summed E-state index contributed by atoms with van der Waals surface area (Å²) in [6, 6.07) is 4.04. The zero-order valence-corrected chi connectivity index (χ0v) is 10.00. The Hall–Kier alpha value is -0.450. The van der Waals surface area contributed by atoms with Gasteiger partial charge in [-0.25, -0.2) is 0 Å². The van der Waals surface area contributed by atoms with Crippen molar-refractivity contribution in [2.75, 3.05) is 20.1 Å². The Labute approximate surface area is 93.4 Å². The highest BCUT2D eigenvalue weighted by molar-refractivity contribution is 9.10. The van der Waals surface area contributed by atoms with Gasteiger partial charge in [0.05, 0.1) is 5.69 Å². The summed E-state index contributed by atoms with van der Waals surface area (Å²) in [4.78, 5) is 6.53. The molecule has 0 amide bonds. The molecular formula is C10H16BrN3. The van der Waals surface area contributed by atoms with E-state index in [0.29, 0.717) is 0 Å². The lowest BCUT2D eigenvalue weighted by atomic mass is 10.3. The molecule has 0 aliphatic carbocycles. The minimum Gasteiger partial charge on any atom is -0.330 e. The zero-order chi connectivity index (χ0) is 10.4. The van der Waals surface area contributed by atoms with Gasteiger partial charge in [0, 0.05) is 17.2 Å². The van der Waals surface area contributed by atoms with Crippen molar-refractivity contribution in [2.45, 2.75) is 13.0 Å². The maximum atomic E-state index is 5.44. The molecule has 14 heavy (non-hydrogen) atoms. The summed E-state index contributed by atoms with van der Waals surface area (Å²) < 4.78 is 1.02. The van der Waals surface area contributed by atoms with E-state index in [4.69, 9.17) is 5.73 Å². The molecule has 0 unspecified atom stereocenters. The van der Waals surface area contributed by atoms with Gasteiger partial charge in [0.1, 0.15) is 0 Å². The van der Waals surface area contributed by atoms with Gasteiger partial charge in [0.15, 0.2) is 0 Å². The number of rotatable bonds is 5. The van der Waals surface area contributed by atoms with Gasteiger partial charge >= 0.3 is 0 Å². The number of nitrogens with two attached hydrogens (primary N) is 1. The Morgan fingerprint density at radius 1 is 1.50 bits per heavy atom. The molecule has 0 saturated heterocycles. The molecule has 0 aliphatic heterocycles. The van der Waals surface area contributed by atoms with Crippen molar-refractivity contribution in [3.8, 4) is 0 Å². The third kappa shape index (κ3) is 4.17. The highest BCUT2D eigenvalue weighted by atomic mass is 79.9. The molecule has 0 aromatic carbocycles. The van der Waals surface area contributed by atoms with Crippen molar-refractivity contribution in [1.29, 1.82) is 0 Å². The van der Waals surface area contributed by atoms with E-state index < -0.39 is 0 Å². The smallest absolute Gasteiger partial charge is 0.0544 e. The number of aromatic nitrogens is 1. The standard InChI is InChI=1S/C10H16BrN3/c1-14(6-2-5-12)8-10-4-3-9(11)7-13-10/h3-4,7H,2,5-6,8,12H2,1H3. The van der Waals surface area contributed by atoms with E-state index in [2.05, 4.69) is 32.9 Å². The monoisotopic (exact) mass is 257 g/mol. The first-order valence-electron chi connectivity index (χ1n) is 4.71. The summed E-state index contributed by atoms with van der Waals surface area (Å²) in [5, 5.41) is 0. The van der Waals surface area contributed by atoms with Gasteiger partial charge in [-0.2, -0.15) is 0 Å². The van der Waals surface area contributed by atoms with Crippen LogP contribution in [0.3, 0.4) is 0 Å². The molecule has 2 N–H and O–H groups in total. The van der Waals surface area contributed by atoms with E-state index >= 15 is 0 Å². The Morgan fingerprint density at radius 3 is 2.86 bits per heavy atom. The first-order chi connectivity index (χ1) is 6.72. The second kappa shape index (κ2) is 6.11. The first kappa shape index (κ1) is 11.6. The van der Waals surface area contributed by atoms with Gasteiger partial charge in [-0.3, -0.25) is 4.98 Å². The van der Waals surface area contributed by atoms with Crippen LogP contribution in [0.2, 0.25) is 0 Å². The number of pyridine rings is 1. The van der Waals surface area contributed by atoms with E-state index in [-0.39, 0.29) is 0 Å². The van der Waals surface area contributed by atoms with Crippen LogP contribution in [0.15, 0.2) is 22.8 Å². The van der Waals surface area contributed by atoms with Gasteiger partial charge in [0.25, 0.3) is 0 Å². The zero-order valence-electron chi connectivity index (χ0n) is 8.41. The minimum atomic E-state index is 0.748. The highest BCUT2D eigenvalue weighted by Crippen LogP contribution is 2.08. The fourth-order valence-corrected chi connectivity index (χ4v) is 1.45. The summed E-state index contributed by atoms with van der Waals surface area (Å²) in [6.07, 6.45) is 2.86. The van der Waals surface area contributed by atoms with Gasteiger partial charge in [-0.05, 0) is 54.6 Å². The van der Waals surface area contributed by atoms with E-state index in [1.807, 2.05) is 18.3 Å². The Bertz CT molecular complexity index is 261. The van der Waals surface area contributed by atoms with Crippen molar-refractivity contribution in [1.82, 2.24) is 9.88 Å². The third-order valence-electron chi connectivity index (χ3n) is 1.96. The highest BCUT2D eigenvalue weighted by Gasteiger charge is 2.00. The summed E-state index contributed by atoms with van der Waals surface area (Å²) >= 11 is 3.36. The Balaban J connectivity index is 2.39. The van der Waals surface area contributed by atoms with Gasteiger partial charge in [-0.15, -0.1) is 0 Å². The number of hydrogen-bond acceptors (Lipinski definition) is 3. The second-order valence-electron chi connectivity index (χ2n) is 3.35. The Morgan fingerprint density at radius 2 is 2.29 bits per heavy atom. The van der Waals surface area contributed by atoms with Crippen LogP contribution in [0, 0.1) is 0 Å². The van der Waals surface area contributed by atoms with Gasteiger partial charge in [0.2, 0.25) is 0 Å². The van der Waals surface area contributed by atoms with Gasteiger partial charge < -0.3 is 10.6 Å². The number of hydrogen-bond donors (Lipinski definition) is 1. The van der Waals surface area contributed by atoms with Crippen molar-refractivity contribution in [2.24, 2.45) is 5.73 Å². The predicted molar refractivity (Wildman–Crippen MR) is 61.9 cm³/mol. The molecule has 0 fully saturated rings. The molecule has 78 valence electrons. The number of nitrogens with zero attached hydrogens (tertiary/aromatic N) is 2. The van der Waals surface area contributed by atoms with E-state index in [1.54, 1.807) is 0 Å². The van der Waals surface area contributed by atoms with Crippen LogP contribution < -0.4 is 5.73 Å². The summed E-state index contributed by atoms with van der Waals surface area (Å²) in [6.45, 7) is 2.65. The molecule has 3 nitrogen and oxygen atoms in total. The molecule has 0 aliphatic rings. The normalized spacial score (nSPS) is 10.9. The quantitative estimate of drug-likeness (QED) is 0.872. The van der Waals surface area contributed by atoms with Crippen molar-refractivity contribution in [3.63, 3.8) is 0 Å². The van der Waals surface area contributed by atoms with Crippen LogP contribution in [0.1, 0.15) is 12.1 Å². The SMILES string of the molecule is CN(CCCN)Cc1ccc(Br)cn1. The predicted octanol–water partition coefficient (Wildman–Crippen LogP) is 1.62. The van der Waals surface area contributed by atoms with Crippen LogP contribution in [0.25, 0.3) is 0 Å². The molecule has 1 aromatic heterocycles. The van der Waals surface area contributed by atoms with Crippen molar-refractivity contribution >= 4 is 15.9 Å². The average molecular weight is 258 g/mol. The molecule has 0 bridgehead atoms. The molecule has 0 spiro atoms. The van der Waals surface area contributed by atoms with Crippen LogP contribution in [0.4, 0.5) is 0 Å². The Kier molecular flexibility index (Phi) is 5.07. The molecule has 0 radical (unpaired) electrons. The van der Waals surface area contributed by atoms with Crippen LogP contribution in [-0.2, 0) is 6.54 Å². The molecule has 0 saturated carbocycles. The van der Waals surface area contributed by atoms with Crippen molar-refractivity contribution in [3.05, 3.63) is 28.5 Å². The largest absolute Gasteiger partial charge is 0.330 e. The second-order valence-corrected chi connectivity index (χ2v) is 4.26. The molecule has 0 atom stereocenters. The molecule has 1 rings (SSSR count). The summed E-state index contributed by atoms with van der Waals surface area (Å²) in [5.41, 5.74) is 6.53. The average Bonchev–Trinajstić information content (AvgIpc) is 2.18. The van der Waals surface area contributed by atoms with E-state index in [1.165, 1.54) is 0 Å². The fraction of sp³-hybridized carbons (Fsp3) is 0.500. The molecular weight excluding hydrogens is 242 g/mol. The minimum absolute atomic E-state index is 0.748. The van der Waals surface area contributed by atoms with Crippen LogP contribution >= 0.6 is 15.9 Å². The van der Waals surface area contributed by atoms with Crippen molar-refractivity contribution < 1.29 is 0 Å². The number of halogens is 1. The summed E-state index contributed by atoms with van der Waals surface area (Å²) in [7, 11) is 2.08. The maximum absolute atomic E-state index is 5.44. The van der Waals surface area contributed by atoms with E-state index in [0.717, 1.165) is 36.2 Å². The topological polar surface area (TPSA) is 42.1 Å². The maximum Gasteiger partial charge on any atom is 0.0544 e. The van der Waals surface area contributed by atoms with Gasteiger partial charge in [-0.1, -0.05) is 0 Å². The third-order valence-corrected chi connectivity index (χ3v) is 2.43. The summed E-state index contributed by atoms with van der Waals surface area (Å²) in [5.74, 6) is 0. The lowest BCUT2D eigenvalue weighted by molar-refractivity contribution is 0.320. The molecule has 1 heterocycles. The van der Waals surface area contributed by atoms with Crippen LogP contribution in [-0.4, -0.2) is 30.0 Å².